The first-order valence-electron chi connectivity index (χ1n) is 22.3. The largest absolute Gasteiger partial charge is 0.394 e. The van der Waals surface area contributed by atoms with Gasteiger partial charge in [0.05, 0.1) is 18.8 Å². The molecular formula is C46H87NO4. The SMILES string of the molecule is CCCCCCCCCCCCCCCCC/C=C/CC/C=C/CC/C=C/C(O)C(CO)NC(=O)C(O)CCCCCCCCCCCCCC. The lowest BCUT2D eigenvalue weighted by molar-refractivity contribution is -0.131. The average molecular weight is 718 g/mol. The quantitative estimate of drug-likeness (QED) is 0.0375. The van der Waals surface area contributed by atoms with E-state index in [0.717, 1.165) is 44.9 Å². The molecule has 300 valence electrons. The molecule has 0 saturated heterocycles. The van der Waals surface area contributed by atoms with Gasteiger partial charge in [-0.2, -0.15) is 0 Å². The van der Waals surface area contributed by atoms with Crippen molar-refractivity contribution in [2.75, 3.05) is 6.61 Å². The molecule has 51 heavy (non-hydrogen) atoms. The highest BCUT2D eigenvalue weighted by Gasteiger charge is 2.22. The maximum absolute atomic E-state index is 12.4. The second kappa shape index (κ2) is 41.3. The fourth-order valence-electron chi connectivity index (χ4n) is 6.69. The third-order valence-corrected chi connectivity index (χ3v) is 10.2. The fourth-order valence-corrected chi connectivity index (χ4v) is 6.69. The first-order valence-corrected chi connectivity index (χ1v) is 22.3. The van der Waals surface area contributed by atoms with E-state index in [9.17, 15) is 20.1 Å². The predicted octanol–water partition coefficient (Wildman–Crippen LogP) is 12.8. The Morgan fingerprint density at radius 1 is 0.471 bits per heavy atom. The van der Waals surface area contributed by atoms with Crippen molar-refractivity contribution in [2.24, 2.45) is 0 Å². The Hall–Kier alpha value is -1.43. The van der Waals surface area contributed by atoms with Crippen LogP contribution in [-0.2, 0) is 4.79 Å². The highest BCUT2D eigenvalue weighted by Crippen LogP contribution is 2.15. The molecule has 0 aromatic rings. The molecule has 4 N–H and O–H groups in total. The maximum atomic E-state index is 12.4. The van der Waals surface area contributed by atoms with Crippen LogP contribution < -0.4 is 5.32 Å². The van der Waals surface area contributed by atoms with Crippen LogP contribution in [0.5, 0.6) is 0 Å². The van der Waals surface area contributed by atoms with E-state index in [0.29, 0.717) is 6.42 Å². The zero-order valence-corrected chi connectivity index (χ0v) is 34.0. The molecule has 5 heteroatoms. The monoisotopic (exact) mass is 718 g/mol. The Morgan fingerprint density at radius 2 is 0.804 bits per heavy atom. The highest BCUT2D eigenvalue weighted by molar-refractivity contribution is 5.80. The van der Waals surface area contributed by atoms with Crippen LogP contribution in [0.25, 0.3) is 0 Å². The van der Waals surface area contributed by atoms with Gasteiger partial charge in [0, 0.05) is 0 Å². The second-order valence-corrected chi connectivity index (χ2v) is 15.2. The molecule has 0 fully saturated rings. The van der Waals surface area contributed by atoms with Crippen molar-refractivity contribution in [1.82, 2.24) is 5.32 Å². The zero-order valence-electron chi connectivity index (χ0n) is 34.0. The van der Waals surface area contributed by atoms with Gasteiger partial charge in [0.15, 0.2) is 0 Å². The second-order valence-electron chi connectivity index (χ2n) is 15.2. The molecule has 0 spiro atoms. The van der Waals surface area contributed by atoms with E-state index in [4.69, 9.17) is 0 Å². The van der Waals surface area contributed by atoms with E-state index in [1.165, 1.54) is 161 Å². The summed E-state index contributed by atoms with van der Waals surface area (Å²) in [7, 11) is 0. The highest BCUT2D eigenvalue weighted by atomic mass is 16.3. The molecule has 0 saturated carbocycles. The summed E-state index contributed by atoms with van der Waals surface area (Å²) in [5.41, 5.74) is 0. The molecular weight excluding hydrogens is 631 g/mol. The predicted molar refractivity (Wildman–Crippen MR) is 222 cm³/mol. The molecule has 1 amide bonds. The van der Waals surface area contributed by atoms with Crippen LogP contribution in [0.1, 0.15) is 226 Å². The summed E-state index contributed by atoms with van der Waals surface area (Å²) >= 11 is 0. The Bertz CT molecular complexity index is 794. The summed E-state index contributed by atoms with van der Waals surface area (Å²) in [4.78, 5) is 12.4. The molecule has 0 aliphatic carbocycles. The van der Waals surface area contributed by atoms with Gasteiger partial charge in [-0.1, -0.05) is 217 Å². The van der Waals surface area contributed by atoms with Crippen molar-refractivity contribution in [3.8, 4) is 0 Å². The third-order valence-electron chi connectivity index (χ3n) is 10.2. The van der Waals surface area contributed by atoms with Gasteiger partial charge < -0.3 is 20.6 Å². The van der Waals surface area contributed by atoms with Gasteiger partial charge in [-0.25, -0.2) is 0 Å². The lowest BCUT2D eigenvalue weighted by Gasteiger charge is -2.21. The minimum Gasteiger partial charge on any atom is -0.394 e. The molecule has 0 aromatic carbocycles. The van der Waals surface area contributed by atoms with Crippen molar-refractivity contribution in [3.05, 3.63) is 36.5 Å². The lowest BCUT2D eigenvalue weighted by atomic mass is 10.0. The first kappa shape index (κ1) is 49.6. The summed E-state index contributed by atoms with van der Waals surface area (Å²) in [6.07, 6.45) is 51.9. The van der Waals surface area contributed by atoms with Crippen molar-refractivity contribution < 1.29 is 20.1 Å². The number of aliphatic hydroxyl groups is 3. The average Bonchev–Trinajstić information content (AvgIpc) is 3.13. The number of rotatable bonds is 40. The zero-order chi connectivity index (χ0) is 37.3. The van der Waals surface area contributed by atoms with Gasteiger partial charge in [0.25, 0.3) is 0 Å². The van der Waals surface area contributed by atoms with Crippen LogP contribution in [-0.4, -0.2) is 46.1 Å². The number of nitrogens with one attached hydrogen (secondary N) is 1. The van der Waals surface area contributed by atoms with E-state index in [2.05, 4.69) is 43.5 Å². The summed E-state index contributed by atoms with van der Waals surface area (Å²) < 4.78 is 0. The molecule has 0 rings (SSSR count). The van der Waals surface area contributed by atoms with E-state index in [1.807, 2.05) is 6.08 Å². The van der Waals surface area contributed by atoms with Crippen molar-refractivity contribution in [2.45, 2.75) is 244 Å². The number of carbonyl (C=O) groups excluding carboxylic acids is 1. The number of unbranched alkanes of at least 4 members (excludes halogenated alkanes) is 28. The Morgan fingerprint density at radius 3 is 1.20 bits per heavy atom. The minimum atomic E-state index is -1.10. The first-order chi connectivity index (χ1) is 25.1. The Labute approximate surface area is 317 Å². The summed E-state index contributed by atoms with van der Waals surface area (Å²) in [6.45, 7) is 4.16. The van der Waals surface area contributed by atoms with Crippen LogP contribution in [0.15, 0.2) is 36.5 Å². The fraction of sp³-hybridized carbons (Fsp3) is 0.848. The van der Waals surface area contributed by atoms with E-state index in [-0.39, 0.29) is 6.61 Å². The van der Waals surface area contributed by atoms with Crippen LogP contribution in [0.3, 0.4) is 0 Å². The topological polar surface area (TPSA) is 89.8 Å². The third kappa shape index (κ3) is 36.7. The Balaban J connectivity index is 3.70. The standard InChI is InChI=1S/C46H87NO4/c1-3-5-7-9-11-13-15-17-18-19-20-21-22-23-24-25-26-27-28-29-31-32-34-36-38-40-44(49)43(42-48)47-46(51)45(50)41-39-37-35-33-30-16-14-12-10-8-6-4-2/h26-27,31-32,38,40,43-45,48-50H,3-25,28-30,33-37,39,41-42H2,1-2H3,(H,47,51)/b27-26+,32-31+,40-38+. The number of amides is 1. The smallest absolute Gasteiger partial charge is 0.249 e. The molecule has 0 radical (unpaired) electrons. The van der Waals surface area contributed by atoms with Crippen LogP contribution in [0.4, 0.5) is 0 Å². The van der Waals surface area contributed by atoms with E-state index in [1.54, 1.807) is 6.08 Å². The molecule has 0 aromatic heterocycles. The van der Waals surface area contributed by atoms with E-state index < -0.39 is 24.2 Å². The minimum absolute atomic E-state index is 0.380. The molecule has 0 heterocycles. The maximum Gasteiger partial charge on any atom is 0.249 e. The van der Waals surface area contributed by atoms with Gasteiger partial charge in [0.2, 0.25) is 5.91 Å². The van der Waals surface area contributed by atoms with Crippen molar-refractivity contribution in [1.29, 1.82) is 0 Å². The summed E-state index contributed by atoms with van der Waals surface area (Å²) in [5, 5.41) is 33.0. The van der Waals surface area contributed by atoms with Gasteiger partial charge in [0.1, 0.15) is 6.10 Å². The van der Waals surface area contributed by atoms with Gasteiger partial charge in [-0.15, -0.1) is 0 Å². The molecule has 0 aliphatic heterocycles. The van der Waals surface area contributed by atoms with Crippen LogP contribution in [0.2, 0.25) is 0 Å². The van der Waals surface area contributed by atoms with Gasteiger partial charge in [-0.3, -0.25) is 4.79 Å². The number of carbonyl (C=O) groups is 1. The van der Waals surface area contributed by atoms with E-state index >= 15 is 0 Å². The van der Waals surface area contributed by atoms with Gasteiger partial charge >= 0.3 is 0 Å². The summed E-state index contributed by atoms with van der Waals surface area (Å²) in [5.74, 6) is -0.517. The number of hydrogen-bond acceptors (Lipinski definition) is 4. The van der Waals surface area contributed by atoms with Gasteiger partial charge in [-0.05, 0) is 44.9 Å². The van der Waals surface area contributed by atoms with Crippen LogP contribution >= 0.6 is 0 Å². The molecule has 0 bridgehead atoms. The molecule has 0 aliphatic rings. The molecule has 5 nitrogen and oxygen atoms in total. The number of hydrogen-bond donors (Lipinski definition) is 4. The molecule has 3 atom stereocenters. The lowest BCUT2D eigenvalue weighted by Crippen LogP contribution is -2.48. The van der Waals surface area contributed by atoms with Crippen LogP contribution in [0, 0.1) is 0 Å². The number of allylic oxidation sites excluding steroid dienone is 5. The number of aliphatic hydroxyl groups excluding tert-OH is 3. The Kier molecular flexibility index (Phi) is 40.2. The normalized spacial score (nSPS) is 13.9. The van der Waals surface area contributed by atoms with Crippen molar-refractivity contribution in [3.63, 3.8) is 0 Å². The molecule has 3 unspecified atom stereocenters. The van der Waals surface area contributed by atoms with Crippen molar-refractivity contribution >= 4 is 5.91 Å². The summed E-state index contributed by atoms with van der Waals surface area (Å²) in [6, 6.07) is -0.818.